The topological polar surface area (TPSA) is 27.4 Å². The number of nitrogens with zero attached hydrogens (tertiary/aromatic N) is 3. The van der Waals surface area contributed by atoms with Crippen LogP contribution in [0.5, 0.6) is 0 Å². The first-order valence-electron chi connectivity index (χ1n) is 15.7. The third kappa shape index (κ3) is 3.51. The molecule has 10 rings (SSSR count). The van der Waals surface area contributed by atoms with E-state index in [-0.39, 0.29) is 0 Å². The highest BCUT2D eigenvalue weighted by Crippen LogP contribution is 2.48. The van der Waals surface area contributed by atoms with Crippen molar-refractivity contribution in [1.82, 2.24) is 9.13 Å². The lowest BCUT2D eigenvalue weighted by atomic mass is 10.0. The molecule has 0 aliphatic heterocycles. The van der Waals surface area contributed by atoms with Crippen LogP contribution >= 0.6 is 0 Å². The minimum atomic E-state index is 0.569. The van der Waals surface area contributed by atoms with Crippen LogP contribution in [0.3, 0.4) is 0 Å². The van der Waals surface area contributed by atoms with Crippen LogP contribution in [-0.4, -0.2) is 9.13 Å². The lowest BCUT2D eigenvalue weighted by Crippen LogP contribution is -2.00. The van der Waals surface area contributed by atoms with Gasteiger partial charge in [0.15, 0.2) is 0 Å². The molecule has 3 heterocycles. The molecule has 47 heavy (non-hydrogen) atoms. The number of para-hydroxylation sites is 5. The molecule has 7 aromatic carbocycles. The second-order valence-electron chi connectivity index (χ2n) is 12.0. The Bertz CT molecular complexity index is 2810. The predicted octanol–water partition coefficient (Wildman–Crippen LogP) is 12.0. The van der Waals surface area contributed by atoms with E-state index in [2.05, 4.69) is 147 Å². The molecule has 0 saturated heterocycles. The van der Waals surface area contributed by atoms with Crippen molar-refractivity contribution in [1.29, 1.82) is 0 Å². The molecule has 10 aromatic rings. The van der Waals surface area contributed by atoms with Crippen LogP contribution in [0.2, 0.25) is 0 Å². The molecule has 3 aromatic heterocycles. The molecule has 0 aliphatic carbocycles. The molecule has 0 atom stereocenters. The lowest BCUT2D eigenvalue weighted by Gasteiger charge is -2.16. The van der Waals surface area contributed by atoms with Gasteiger partial charge in [0.05, 0.1) is 40.0 Å². The van der Waals surface area contributed by atoms with E-state index < -0.39 is 0 Å². The van der Waals surface area contributed by atoms with Crippen molar-refractivity contribution in [3.05, 3.63) is 163 Å². The van der Waals surface area contributed by atoms with Gasteiger partial charge in [0.25, 0.3) is 0 Å². The zero-order chi connectivity index (χ0) is 31.1. The van der Waals surface area contributed by atoms with Crippen LogP contribution in [-0.2, 0) is 0 Å². The number of fused-ring (bicyclic) bond motifs is 9. The number of furan rings is 1. The van der Waals surface area contributed by atoms with E-state index in [0.29, 0.717) is 11.3 Å². The number of benzene rings is 7. The maximum Gasteiger partial charge on any atom is 0.222 e. The summed E-state index contributed by atoms with van der Waals surface area (Å²) in [5, 5.41) is 6.40. The Morgan fingerprint density at radius 2 is 0.915 bits per heavy atom. The zero-order valence-electron chi connectivity index (χ0n) is 25.2. The normalized spacial score (nSPS) is 11.8. The Labute approximate surface area is 269 Å². The fraction of sp³-hybridized carbons (Fsp3) is 0. The van der Waals surface area contributed by atoms with Gasteiger partial charge in [-0.1, -0.05) is 121 Å². The molecule has 4 heteroatoms. The van der Waals surface area contributed by atoms with Gasteiger partial charge in [-0.3, -0.25) is 0 Å². The Morgan fingerprint density at radius 3 is 1.45 bits per heavy atom. The Morgan fingerprint density at radius 1 is 0.447 bits per heavy atom. The molecule has 0 saturated carbocycles. The Balaban J connectivity index is 1.45. The van der Waals surface area contributed by atoms with E-state index in [9.17, 15) is 0 Å². The van der Waals surface area contributed by atoms with Gasteiger partial charge < -0.3 is 13.6 Å². The summed E-state index contributed by atoms with van der Waals surface area (Å²) in [6.45, 7) is 8.69. The molecule has 218 valence electrons. The molecule has 0 bridgehead atoms. The molecule has 0 fully saturated rings. The van der Waals surface area contributed by atoms with Crippen molar-refractivity contribution in [3.63, 3.8) is 0 Å². The second kappa shape index (κ2) is 9.71. The van der Waals surface area contributed by atoms with Gasteiger partial charge in [-0.25, -0.2) is 4.85 Å². The average molecular weight is 600 g/mol. The van der Waals surface area contributed by atoms with Crippen LogP contribution in [0.25, 0.3) is 92.9 Å². The van der Waals surface area contributed by atoms with E-state index in [4.69, 9.17) is 11.0 Å². The molecule has 0 spiro atoms. The maximum absolute atomic E-state index is 8.69. The SMILES string of the molecule is [C-]#[N+]c1c(-n2c3ccccc3c3ccccc32)cc(-n2c3ccccc3c3ccccc32)c2oc3c(-c4ccccc4)cccc3c12. The van der Waals surface area contributed by atoms with Gasteiger partial charge in [-0.2, -0.15) is 0 Å². The Kier molecular flexibility index (Phi) is 5.32. The quantitative estimate of drug-likeness (QED) is 0.186. The lowest BCUT2D eigenvalue weighted by molar-refractivity contribution is 0.667. The van der Waals surface area contributed by atoms with Crippen molar-refractivity contribution in [2.75, 3.05) is 0 Å². The maximum atomic E-state index is 8.69. The summed E-state index contributed by atoms with van der Waals surface area (Å²) in [6, 6.07) is 52.7. The van der Waals surface area contributed by atoms with Crippen LogP contribution < -0.4 is 0 Å². The van der Waals surface area contributed by atoms with Crippen LogP contribution in [0, 0.1) is 6.57 Å². The fourth-order valence-electron chi connectivity index (χ4n) is 7.59. The second-order valence-corrected chi connectivity index (χ2v) is 12.0. The number of hydrogen-bond acceptors (Lipinski definition) is 1. The van der Waals surface area contributed by atoms with Gasteiger partial charge in [0.1, 0.15) is 11.2 Å². The highest BCUT2D eigenvalue weighted by molar-refractivity contribution is 6.21. The van der Waals surface area contributed by atoms with Gasteiger partial charge in [0, 0.05) is 37.9 Å². The highest BCUT2D eigenvalue weighted by Gasteiger charge is 2.26. The van der Waals surface area contributed by atoms with E-state index in [0.717, 1.165) is 71.7 Å². The minimum Gasteiger partial charge on any atom is -0.455 e. The third-order valence-electron chi connectivity index (χ3n) is 9.54. The first-order valence-corrected chi connectivity index (χ1v) is 15.7. The zero-order valence-corrected chi connectivity index (χ0v) is 25.2. The van der Waals surface area contributed by atoms with Gasteiger partial charge in [-0.15, -0.1) is 0 Å². The minimum absolute atomic E-state index is 0.569. The van der Waals surface area contributed by atoms with Gasteiger partial charge >= 0.3 is 0 Å². The predicted molar refractivity (Wildman–Crippen MR) is 194 cm³/mol. The summed E-state index contributed by atoms with van der Waals surface area (Å²) < 4.78 is 11.6. The first kappa shape index (κ1) is 25.7. The van der Waals surface area contributed by atoms with E-state index in [1.807, 2.05) is 18.2 Å². The number of hydrogen-bond donors (Lipinski definition) is 0. The van der Waals surface area contributed by atoms with Gasteiger partial charge in [0.2, 0.25) is 5.69 Å². The molecule has 0 radical (unpaired) electrons. The smallest absolute Gasteiger partial charge is 0.222 e. The van der Waals surface area contributed by atoms with E-state index in [1.54, 1.807) is 0 Å². The summed E-state index contributed by atoms with van der Waals surface area (Å²) in [7, 11) is 0. The average Bonchev–Trinajstić information content (AvgIpc) is 3.80. The highest BCUT2D eigenvalue weighted by atomic mass is 16.3. The van der Waals surface area contributed by atoms with Crippen molar-refractivity contribution >= 4 is 71.2 Å². The molecule has 4 nitrogen and oxygen atoms in total. The Hall–Kier alpha value is -6.57. The summed E-state index contributed by atoms with van der Waals surface area (Å²) >= 11 is 0. The van der Waals surface area contributed by atoms with Crippen molar-refractivity contribution in [2.24, 2.45) is 0 Å². The summed E-state index contributed by atoms with van der Waals surface area (Å²) in [5.74, 6) is 0. The molecule has 0 aliphatic rings. The number of rotatable bonds is 3. The largest absolute Gasteiger partial charge is 0.455 e. The molecule has 0 unspecified atom stereocenters. The standard InChI is InChI=1S/C43H25N3O/c1-44-41-38(45-34-22-9-5-16-29(34)30-17-6-10-23-35(30)45)26-39(46-36-24-11-7-18-31(36)32-19-8-12-25-37(32)46)43-40(41)33-21-13-20-28(42(33)47-43)27-14-3-2-4-15-27/h2-26H. The first-order chi connectivity index (χ1) is 23.3. The third-order valence-corrected chi connectivity index (χ3v) is 9.54. The van der Waals surface area contributed by atoms with E-state index >= 15 is 0 Å². The summed E-state index contributed by atoms with van der Waals surface area (Å²) in [4.78, 5) is 4.30. The summed E-state index contributed by atoms with van der Waals surface area (Å²) in [6.07, 6.45) is 0. The van der Waals surface area contributed by atoms with Crippen molar-refractivity contribution < 1.29 is 4.42 Å². The molecular weight excluding hydrogens is 574 g/mol. The fourth-order valence-corrected chi connectivity index (χ4v) is 7.59. The molecule has 0 N–H and O–H groups in total. The number of aromatic nitrogens is 2. The van der Waals surface area contributed by atoms with Crippen molar-refractivity contribution in [2.45, 2.75) is 0 Å². The van der Waals surface area contributed by atoms with Crippen LogP contribution in [0.15, 0.2) is 156 Å². The summed E-state index contributed by atoms with van der Waals surface area (Å²) in [5.41, 5.74) is 10.1. The molecule has 0 amide bonds. The monoisotopic (exact) mass is 599 g/mol. The van der Waals surface area contributed by atoms with Crippen LogP contribution in [0.4, 0.5) is 5.69 Å². The van der Waals surface area contributed by atoms with Gasteiger partial charge in [-0.05, 0) is 35.9 Å². The van der Waals surface area contributed by atoms with Crippen molar-refractivity contribution in [3.8, 4) is 22.5 Å². The molecular formula is C43H25N3O. The van der Waals surface area contributed by atoms with E-state index in [1.165, 1.54) is 10.8 Å². The van der Waals surface area contributed by atoms with Crippen LogP contribution in [0.1, 0.15) is 0 Å².